The Morgan fingerprint density at radius 3 is 2.02 bits per heavy atom. The van der Waals surface area contributed by atoms with Gasteiger partial charge in [0, 0.05) is 34.7 Å². The molecule has 0 bridgehead atoms. The molecule has 44 heavy (non-hydrogen) atoms. The zero-order valence-electron chi connectivity index (χ0n) is 24.9. The van der Waals surface area contributed by atoms with Crippen molar-refractivity contribution in [1.82, 2.24) is 14.4 Å². The molecule has 1 N–H and O–H groups in total. The second-order valence-corrected chi connectivity index (χ2v) is 14.6. The van der Waals surface area contributed by atoms with E-state index in [0.29, 0.717) is 5.39 Å². The molecule has 1 aromatic heterocycles. The maximum atomic E-state index is 13.7. The van der Waals surface area contributed by atoms with Crippen molar-refractivity contribution in [3.05, 3.63) is 58.2 Å². The van der Waals surface area contributed by atoms with E-state index in [1.807, 2.05) is 0 Å². The lowest BCUT2D eigenvalue weighted by Crippen LogP contribution is -2.55. The van der Waals surface area contributed by atoms with E-state index in [1.165, 1.54) is 47.5 Å². The molecule has 0 radical (unpaired) electrons. The van der Waals surface area contributed by atoms with Crippen LogP contribution in [-0.4, -0.2) is 77.6 Å². The molecule has 1 aliphatic rings. The summed E-state index contributed by atoms with van der Waals surface area (Å²) in [5.74, 6) is -1.19. The Balaban J connectivity index is 1.68. The second-order valence-electron chi connectivity index (χ2n) is 12.1. The highest BCUT2D eigenvalue weighted by atomic mass is 35.5. The van der Waals surface area contributed by atoms with Crippen LogP contribution in [0.15, 0.2) is 47.5 Å². The van der Waals surface area contributed by atoms with Crippen molar-refractivity contribution in [3.63, 3.8) is 0 Å². The number of piperazine rings is 1. The lowest BCUT2D eigenvalue weighted by molar-refractivity contribution is -0.133. The van der Waals surface area contributed by atoms with Crippen molar-refractivity contribution < 1.29 is 37.1 Å². The predicted octanol–water partition coefficient (Wildman–Crippen LogP) is 5.75. The molecule has 4 rings (SSSR count). The number of fused-ring (bicyclic) bond motifs is 1. The number of carbonyl (C=O) groups excluding carboxylic acids is 4. The molecule has 0 unspecified atom stereocenters. The number of aromatic nitrogens is 1. The predicted molar refractivity (Wildman–Crippen MR) is 165 cm³/mol. The highest BCUT2D eigenvalue weighted by molar-refractivity contribution is 7.92. The van der Waals surface area contributed by atoms with Gasteiger partial charge in [-0.1, -0.05) is 23.2 Å². The van der Waals surface area contributed by atoms with Crippen molar-refractivity contribution in [2.45, 2.75) is 57.6 Å². The fourth-order valence-electron chi connectivity index (χ4n) is 4.35. The van der Waals surface area contributed by atoms with E-state index in [4.69, 9.17) is 32.7 Å². The number of benzene rings is 2. The highest BCUT2D eigenvalue weighted by Gasteiger charge is 2.35. The van der Waals surface area contributed by atoms with Crippen molar-refractivity contribution in [1.29, 1.82) is 0 Å². The Labute approximate surface area is 264 Å². The quantitative estimate of drug-likeness (QED) is 0.371. The Kier molecular flexibility index (Phi) is 8.98. The molecule has 3 amide bonds. The molecule has 2 aromatic carbocycles. The summed E-state index contributed by atoms with van der Waals surface area (Å²) in [6.45, 7) is 9.62. The van der Waals surface area contributed by atoms with Crippen LogP contribution in [0.4, 0.5) is 15.3 Å². The molecule has 15 heteroatoms. The molecule has 1 aliphatic heterocycles. The fraction of sp³-hybridized carbons (Fsp3) is 0.379. The maximum absolute atomic E-state index is 13.7. The monoisotopic (exact) mass is 666 g/mol. The van der Waals surface area contributed by atoms with Crippen LogP contribution >= 0.6 is 23.2 Å². The smallest absolute Gasteiger partial charge is 0.419 e. The number of hydrogen-bond acceptors (Lipinski definition) is 8. The van der Waals surface area contributed by atoms with Gasteiger partial charge in [-0.3, -0.25) is 18.9 Å². The Bertz CT molecular complexity index is 1750. The number of nitrogens with zero attached hydrogens (tertiary/aromatic N) is 3. The first-order valence-corrected chi connectivity index (χ1v) is 15.7. The summed E-state index contributed by atoms with van der Waals surface area (Å²) < 4.78 is 40.5. The zero-order valence-corrected chi connectivity index (χ0v) is 27.3. The van der Waals surface area contributed by atoms with Gasteiger partial charge in [0.05, 0.1) is 21.7 Å². The van der Waals surface area contributed by atoms with Crippen molar-refractivity contribution in [2.24, 2.45) is 0 Å². The SMILES string of the molecule is CC(C)(C)OC(=O)N1CCN(C(=O)c2cn(C(=O)OC(C)(C)C)c3cc(NS(=O)(=O)c4cc(Cl)cc(Cl)c4)ccc23)CC1=O. The molecule has 1 saturated heterocycles. The fourth-order valence-corrected chi connectivity index (χ4v) is 6.12. The largest absolute Gasteiger partial charge is 0.443 e. The van der Waals surface area contributed by atoms with Gasteiger partial charge in [-0.15, -0.1) is 0 Å². The number of nitrogens with one attached hydrogen (secondary N) is 1. The standard InChI is InChI=1S/C29H32Cl2N4O8S/c1-28(2,3)42-26(38)34-10-9-33(16-24(34)36)25(37)22-15-35(27(39)43-29(4,5)6)23-14-19(7-8-21(22)23)32-44(40,41)20-12-17(30)11-18(31)13-20/h7-8,11-15,32H,9-10,16H2,1-6H3. The van der Waals surface area contributed by atoms with Gasteiger partial charge in [-0.05, 0) is 77.9 Å². The lowest BCUT2D eigenvalue weighted by Gasteiger charge is -2.34. The van der Waals surface area contributed by atoms with Crippen LogP contribution in [0.5, 0.6) is 0 Å². The van der Waals surface area contributed by atoms with Gasteiger partial charge in [0.15, 0.2) is 0 Å². The molecule has 0 atom stereocenters. The summed E-state index contributed by atoms with van der Waals surface area (Å²) in [5, 5.41) is 0.554. The summed E-state index contributed by atoms with van der Waals surface area (Å²) in [7, 11) is -4.14. The van der Waals surface area contributed by atoms with E-state index in [9.17, 15) is 27.6 Å². The minimum atomic E-state index is -4.14. The van der Waals surface area contributed by atoms with Crippen LogP contribution in [0.3, 0.4) is 0 Å². The van der Waals surface area contributed by atoms with E-state index in [1.54, 1.807) is 41.5 Å². The van der Waals surface area contributed by atoms with Gasteiger partial charge in [-0.25, -0.2) is 22.9 Å². The molecule has 0 spiro atoms. The van der Waals surface area contributed by atoms with Gasteiger partial charge < -0.3 is 14.4 Å². The first kappa shape index (κ1) is 33.1. The third kappa shape index (κ3) is 7.63. The van der Waals surface area contributed by atoms with Gasteiger partial charge in [0.25, 0.3) is 21.8 Å². The van der Waals surface area contributed by atoms with Crippen molar-refractivity contribution in [2.75, 3.05) is 24.4 Å². The number of amides is 3. The molecular formula is C29H32Cl2N4O8S. The molecule has 12 nitrogen and oxygen atoms in total. The van der Waals surface area contributed by atoms with E-state index < -0.39 is 51.8 Å². The van der Waals surface area contributed by atoms with Crippen LogP contribution in [0.2, 0.25) is 10.0 Å². The number of sulfonamides is 1. The molecule has 3 aromatic rings. The van der Waals surface area contributed by atoms with Crippen LogP contribution < -0.4 is 4.72 Å². The summed E-state index contributed by atoms with van der Waals surface area (Å²) >= 11 is 12.0. The van der Waals surface area contributed by atoms with Crippen LogP contribution in [0.1, 0.15) is 51.9 Å². The molecule has 0 saturated carbocycles. The van der Waals surface area contributed by atoms with E-state index in [0.717, 1.165) is 9.47 Å². The van der Waals surface area contributed by atoms with E-state index >= 15 is 0 Å². The number of ether oxygens (including phenoxy) is 2. The third-order valence-corrected chi connectivity index (χ3v) is 7.94. The average molecular weight is 668 g/mol. The first-order chi connectivity index (χ1) is 20.2. The third-order valence-electron chi connectivity index (χ3n) is 6.15. The van der Waals surface area contributed by atoms with Gasteiger partial charge in [0.2, 0.25) is 0 Å². The molecular weight excluding hydrogens is 635 g/mol. The number of halogens is 2. The minimum Gasteiger partial charge on any atom is -0.443 e. The van der Waals surface area contributed by atoms with E-state index in [2.05, 4.69) is 4.72 Å². The van der Waals surface area contributed by atoms with Crippen LogP contribution in [0.25, 0.3) is 10.9 Å². The Morgan fingerprint density at radius 2 is 1.45 bits per heavy atom. The summed E-state index contributed by atoms with van der Waals surface area (Å²) in [6.07, 6.45) is -0.332. The van der Waals surface area contributed by atoms with Crippen LogP contribution in [0, 0.1) is 0 Å². The highest BCUT2D eigenvalue weighted by Crippen LogP contribution is 2.30. The Morgan fingerprint density at radius 1 is 0.864 bits per heavy atom. The minimum absolute atomic E-state index is 0.0308. The van der Waals surface area contributed by atoms with Gasteiger partial charge in [0.1, 0.15) is 17.7 Å². The number of carbonyl (C=O) groups is 4. The first-order valence-electron chi connectivity index (χ1n) is 13.4. The van der Waals surface area contributed by atoms with Crippen LogP contribution in [-0.2, 0) is 24.3 Å². The molecule has 236 valence electrons. The molecule has 1 fully saturated rings. The number of hydrogen-bond donors (Lipinski definition) is 1. The van der Waals surface area contributed by atoms with Crippen molar-refractivity contribution in [3.8, 4) is 0 Å². The van der Waals surface area contributed by atoms with Crippen molar-refractivity contribution >= 4 is 73.8 Å². The average Bonchev–Trinajstić information content (AvgIpc) is 3.24. The lowest BCUT2D eigenvalue weighted by atomic mass is 10.1. The summed E-state index contributed by atoms with van der Waals surface area (Å²) in [6, 6.07) is 8.15. The topological polar surface area (TPSA) is 144 Å². The van der Waals surface area contributed by atoms with Gasteiger partial charge in [-0.2, -0.15) is 0 Å². The normalized spacial score (nSPS) is 14.5. The number of rotatable bonds is 4. The maximum Gasteiger partial charge on any atom is 0.419 e. The van der Waals surface area contributed by atoms with E-state index in [-0.39, 0.29) is 44.8 Å². The zero-order chi connectivity index (χ0) is 32.8. The van der Waals surface area contributed by atoms with Gasteiger partial charge >= 0.3 is 12.2 Å². The number of imide groups is 1. The summed E-state index contributed by atoms with van der Waals surface area (Å²) in [4.78, 5) is 54.2. The number of anilines is 1. The second kappa shape index (κ2) is 11.9. The molecule has 2 heterocycles. The summed E-state index contributed by atoms with van der Waals surface area (Å²) in [5.41, 5.74) is -1.36. The Hall–Kier alpha value is -3.81. The molecule has 0 aliphatic carbocycles.